The van der Waals surface area contributed by atoms with E-state index < -0.39 is 0 Å². The second-order valence-corrected chi connectivity index (χ2v) is 5.87. The van der Waals surface area contributed by atoms with Crippen molar-refractivity contribution in [2.45, 2.75) is 20.4 Å². The molecule has 0 fully saturated rings. The summed E-state index contributed by atoms with van der Waals surface area (Å²) in [6, 6.07) is 10.0. The number of nitrogens with zero attached hydrogens (tertiary/aromatic N) is 3. The van der Waals surface area contributed by atoms with Gasteiger partial charge in [-0.2, -0.15) is 5.10 Å². The monoisotopic (exact) mass is 457 g/mol. The molecule has 0 amide bonds. The Kier molecular flexibility index (Phi) is 9.98. The standard InChI is InChI=1S/C18H27N5O.HI/c1-15-5-7-17(8-6-15)24-12-10-20-18(19-3)21-13-16(2)14-23-11-4-9-22-23;/h4-9,11,16H,10,12-14H2,1-3H3,(H2,19,20,21);1H. The van der Waals surface area contributed by atoms with Crippen molar-refractivity contribution >= 4 is 29.9 Å². The van der Waals surface area contributed by atoms with Gasteiger partial charge >= 0.3 is 0 Å². The maximum absolute atomic E-state index is 5.69. The first-order valence-electron chi connectivity index (χ1n) is 8.29. The van der Waals surface area contributed by atoms with E-state index in [9.17, 15) is 0 Å². The highest BCUT2D eigenvalue weighted by molar-refractivity contribution is 14.0. The Labute approximate surface area is 167 Å². The van der Waals surface area contributed by atoms with Crippen LogP contribution in [0.1, 0.15) is 12.5 Å². The molecule has 0 radical (unpaired) electrons. The number of hydrogen-bond donors (Lipinski definition) is 2. The van der Waals surface area contributed by atoms with Crippen LogP contribution in [0.5, 0.6) is 5.75 Å². The van der Waals surface area contributed by atoms with Crippen molar-refractivity contribution in [2.24, 2.45) is 10.9 Å². The van der Waals surface area contributed by atoms with E-state index in [1.807, 2.05) is 41.2 Å². The topological polar surface area (TPSA) is 63.5 Å². The van der Waals surface area contributed by atoms with E-state index in [0.717, 1.165) is 24.8 Å². The first-order valence-corrected chi connectivity index (χ1v) is 8.29. The van der Waals surface area contributed by atoms with E-state index in [-0.39, 0.29) is 24.0 Å². The van der Waals surface area contributed by atoms with Gasteiger partial charge in [-0.05, 0) is 31.0 Å². The molecule has 0 saturated carbocycles. The van der Waals surface area contributed by atoms with E-state index in [2.05, 4.69) is 34.6 Å². The van der Waals surface area contributed by atoms with Crippen LogP contribution in [0.2, 0.25) is 0 Å². The Morgan fingerprint density at radius 2 is 2.04 bits per heavy atom. The van der Waals surface area contributed by atoms with E-state index in [1.165, 1.54) is 5.56 Å². The number of halogens is 1. The molecule has 1 heterocycles. The van der Waals surface area contributed by atoms with Gasteiger partial charge in [0.1, 0.15) is 12.4 Å². The van der Waals surface area contributed by atoms with Gasteiger partial charge in [0.25, 0.3) is 0 Å². The summed E-state index contributed by atoms with van der Waals surface area (Å²) in [5, 5.41) is 10.8. The third kappa shape index (κ3) is 8.24. The highest BCUT2D eigenvalue weighted by Crippen LogP contribution is 2.10. The van der Waals surface area contributed by atoms with Crippen LogP contribution in [0.4, 0.5) is 0 Å². The molecule has 1 aromatic heterocycles. The summed E-state index contributed by atoms with van der Waals surface area (Å²) in [4.78, 5) is 4.23. The lowest BCUT2D eigenvalue weighted by Gasteiger charge is -2.16. The molecule has 0 aliphatic rings. The van der Waals surface area contributed by atoms with Gasteiger partial charge in [0.05, 0.1) is 6.54 Å². The molecule has 2 rings (SSSR count). The fourth-order valence-electron chi connectivity index (χ4n) is 2.26. The molecular weight excluding hydrogens is 429 g/mol. The number of hydrogen-bond acceptors (Lipinski definition) is 3. The molecule has 25 heavy (non-hydrogen) atoms. The fourth-order valence-corrected chi connectivity index (χ4v) is 2.26. The number of guanidine groups is 1. The third-order valence-electron chi connectivity index (χ3n) is 3.58. The highest BCUT2D eigenvalue weighted by atomic mass is 127. The Morgan fingerprint density at radius 3 is 2.68 bits per heavy atom. The summed E-state index contributed by atoms with van der Waals surface area (Å²) in [6.07, 6.45) is 3.78. The lowest BCUT2D eigenvalue weighted by molar-refractivity contribution is 0.321. The van der Waals surface area contributed by atoms with Crippen molar-refractivity contribution in [3.63, 3.8) is 0 Å². The summed E-state index contributed by atoms with van der Waals surface area (Å²) >= 11 is 0. The van der Waals surface area contributed by atoms with E-state index in [4.69, 9.17) is 4.74 Å². The van der Waals surface area contributed by atoms with Crippen LogP contribution >= 0.6 is 24.0 Å². The maximum atomic E-state index is 5.69. The lowest BCUT2D eigenvalue weighted by atomic mass is 10.2. The van der Waals surface area contributed by atoms with Crippen molar-refractivity contribution in [1.82, 2.24) is 20.4 Å². The van der Waals surface area contributed by atoms with Crippen LogP contribution < -0.4 is 15.4 Å². The molecule has 0 aliphatic carbocycles. The average Bonchev–Trinajstić information content (AvgIpc) is 3.08. The Bertz CT molecular complexity index is 613. The summed E-state index contributed by atoms with van der Waals surface area (Å²) in [6.45, 7) is 7.25. The van der Waals surface area contributed by atoms with Gasteiger partial charge in [0.15, 0.2) is 5.96 Å². The summed E-state index contributed by atoms with van der Waals surface area (Å²) in [5.41, 5.74) is 1.23. The summed E-state index contributed by atoms with van der Waals surface area (Å²) < 4.78 is 7.64. The normalized spacial score (nSPS) is 12.2. The minimum Gasteiger partial charge on any atom is -0.492 e. The van der Waals surface area contributed by atoms with Crippen LogP contribution in [0.3, 0.4) is 0 Å². The quantitative estimate of drug-likeness (QED) is 0.277. The van der Waals surface area contributed by atoms with Gasteiger partial charge in [-0.1, -0.05) is 24.6 Å². The molecule has 0 bridgehead atoms. The molecule has 1 aromatic carbocycles. The predicted molar refractivity (Wildman–Crippen MR) is 113 cm³/mol. The van der Waals surface area contributed by atoms with Crippen LogP contribution in [0.15, 0.2) is 47.7 Å². The largest absolute Gasteiger partial charge is 0.492 e. The van der Waals surface area contributed by atoms with Crippen molar-refractivity contribution in [3.05, 3.63) is 48.3 Å². The molecule has 2 aromatic rings. The highest BCUT2D eigenvalue weighted by Gasteiger charge is 2.05. The second kappa shape index (κ2) is 11.7. The zero-order valence-electron chi connectivity index (χ0n) is 15.1. The van der Waals surface area contributed by atoms with Crippen LogP contribution in [0, 0.1) is 12.8 Å². The predicted octanol–water partition coefficient (Wildman–Crippen LogP) is 2.69. The van der Waals surface area contributed by atoms with Gasteiger partial charge in [-0.3, -0.25) is 9.67 Å². The number of aromatic nitrogens is 2. The molecule has 2 N–H and O–H groups in total. The number of nitrogens with one attached hydrogen (secondary N) is 2. The number of rotatable bonds is 8. The maximum Gasteiger partial charge on any atom is 0.191 e. The first-order chi connectivity index (χ1) is 11.7. The Hall–Kier alpha value is -1.77. The van der Waals surface area contributed by atoms with Crippen LogP contribution in [-0.4, -0.2) is 42.5 Å². The molecule has 0 spiro atoms. The number of benzene rings is 1. The number of ether oxygens (including phenoxy) is 1. The number of aliphatic imine (C=N–C) groups is 1. The number of aryl methyl sites for hydroxylation is 1. The molecular formula is C18H28IN5O. The van der Waals surface area contributed by atoms with Crippen LogP contribution in [-0.2, 0) is 6.54 Å². The van der Waals surface area contributed by atoms with Crippen molar-refractivity contribution in [3.8, 4) is 5.75 Å². The van der Waals surface area contributed by atoms with Gasteiger partial charge in [0, 0.05) is 32.5 Å². The van der Waals surface area contributed by atoms with Crippen molar-refractivity contribution in [2.75, 3.05) is 26.7 Å². The molecule has 1 atom stereocenters. The Morgan fingerprint density at radius 1 is 1.28 bits per heavy atom. The first kappa shape index (κ1) is 21.3. The van der Waals surface area contributed by atoms with Gasteiger partial charge < -0.3 is 15.4 Å². The van der Waals surface area contributed by atoms with Crippen molar-refractivity contribution < 1.29 is 4.74 Å². The zero-order chi connectivity index (χ0) is 17.2. The third-order valence-corrected chi connectivity index (χ3v) is 3.58. The van der Waals surface area contributed by atoms with Gasteiger partial charge in [-0.15, -0.1) is 24.0 Å². The van der Waals surface area contributed by atoms with Gasteiger partial charge in [0.2, 0.25) is 0 Å². The molecule has 0 aliphatic heterocycles. The molecule has 1 unspecified atom stereocenters. The lowest BCUT2D eigenvalue weighted by Crippen LogP contribution is -2.41. The SMILES string of the molecule is CN=C(NCCOc1ccc(C)cc1)NCC(C)Cn1cccn1.I. The molecule has 0 saturated heterocycles. The Balaban J connectivity index is 0.00000312. The molecule has 138 valence electrons. The molecule has 6 nitrogen and oxygen atoms in total. The zero-order valence-corrected chi connectivity index (χ0v) is 17.4. The molecule has 7 heteroatoms. The van der Waals surface area contributed by atoms with Crippen molar-refractivity contribution in [1.29, 1.82) is 0 Å². The van der Waals surface area contributed by atoms with Crippen LogP contribution in [0.25, 0.3) is 0 Å². The van der Waals surface area contributed by atoms with Gasteiger partial charge in [-0.25, -0.2) is 0 Å². The summed E-state index contributed by atoms with van der Waals surface area (Å²) in [7, 11) is 1.77. The van der Waals surface area contributed by atoms with E-state index in [1.54, 1.807) is 13.2 Å². The minimum absolute atomic E-state index is 0. The minimum atomic E-state index is 0. The van der Waals surface area contributed by atoms with E-state index >= 15 is 0 Å². The fraction of sp³-hybridized carbons (Fsp3) is 0.444. The second-order valence-electron chi connectivity index (χ2n) is 5.87. The summed E-state index contributed by atoms with van der Waals surface area (Å²) in [5.74, 6) is 2.13. The average molecular weight is 457 g/mol. The smallest absolute Gasteiger partial charge is 0.191 e. The van der Waals surface area contributed by atoms with E-state index in [0.29, 0.717) is 19.1 Å².